The molecule has 0 N–H and O–H groups in total. The number of hydrogen-bond acceptors (Lipinski definition) is 2. The highest BCUT2D eigenvalue weighted by atomic mass is 28.3. The van der Waals surface area contributed by atoms with E-state index in [-0.39, 0.29) is 0 Å². The van der Waals surface area contributed by atoms with Crippen LogP contribution in [-0.4, -0.2) is 14.9 Å². The molecule has 2 aromatic carbocycles. The molecule has 0 radical (unpaired) electrons. The first-order valence-corrected chi connectivity index (χ1v) is 9.88. The van der Waals surface area contributed by atoms with Crippen molar-refractivity contribution in [1.82, 2.24) is 0 Å². The summed E-state index contributed by atoms with van der Waals surface area (Å²) in [5, 5.41) is 2.93. The largest absolute Gasteiger partial charge is 0.454 e. The molecular weight excluding hydrogens is 264 g/mol. The van der Waals surface area contributed by atoms with Crippen molar-refractivity contribution in [2.45, 2.75) is 13.1 Å². The lowest BCUT2D eigenvalue weighted by Gasteiger charge is -2.22. The Hall–Kier alpha value is -2.00. The second kappa shape index (κ2) is 3.99. The average Bonchev–Trinajstić information content (AvgIpc) is 3.00. The van der Waals surface area contributed by atoms with Crippen molar-refractivity contribution in [2.75, 3.05) is 6.79 Å². The Morgan fingerprint density at radius 3 is 2.40 bits per heavy atom. The molecule has 20 heavy (non-hydrogen) atoms. The highest BCUT2D eigenvalue weighted by molar-refractivity contribution is 7.07. The predicted octanol–water partition coefficient (Wildman–Crippen LogP) is 3.42. The molecule has 2 nitrogen and oxygen atoms in total. The third-order valence-electron chi connectivity index (χ3n) is 4.28. The van der Waals surface area contributed by atoms with Crippen LogP contribution in [0.15, 0.2) is 42.5 Å². The summed E-state index contributed by atoms with van der Waals surface area (Å²) < 4.78 is 11.0. The van der Waals surface area contributed by atoms with Crippen LogP contribution in [0.5, 0.6) is 11.5 Å². The Balaban J connectivity index is 1.88. The molecule has 0 amide bonds. The smallest absolute Gasteiger partial charge is 0.231 e. The van der Waals surface area contributed by atoms with Gasteiger partial charge < -0.3 is 9.47 Å². The minimum Gasteiger partial charge on any atom is -0.454 e. The average molecular weight is 280 g/mol. The zero-order valence-corrected chi connectivity index (χ0v) is 12.6. The molecule has 2 aliphatic heterocycles. The van der Waals surface area contributed by atoms with E-state index in [2.05, 4.69) is 61.6 Å². The van der Waals surface area contributed by atoms with Gasteiger partial charge in [0, 0.05) is 0 Å². The monoisotopic (exact) mass is 280 g/mol. The topological polar surface area (TPSA) is 18.5 Å². The fourth-order valence-electron chi connectivity index (χ4n) is 3.16. The van der Waals surface area contributed by atoms with E-state index in [4.69, 9.17) is 9.47 Å². The summed E-state index contributed by atoms with van der Waals surface area (Å²) in [6, 6.07) is 15.0. The van der Waals surface area contributed by atoms with Gasteiger partial charge in [-0.3, -0.25) is 0 Å². The lowest BCUT2D eigenvalue weighted by molar-refractivity contribution is 0.174. The Labute approximate surface area is 119 Å². The van der Waals surface area contributed by atoms with Crippen LogP contribution in [0.2, 0.25) is 13.1 Å². The van der Waals surface area contributed by atoms with Crippen molar-refractivity contribution in [1.29, 1.82) is 0 Å². The second-order valence-corrected chi connectivity index (χ2v) is 10.2. The molecular formula is C17H16O2Si. The van der Waals surface area contributed by atoms with Crippen molar-refractivity contribution in [3.63, 3.8) is 0 Å². The van der Waals surface area contributed by atoms with E-state index in [1.54, 1.807) is 0 Å². The van der Waals surface area contributed by atoms with Crippen LogP contribution in [0.1, 0.15) is 11.1 Å². The predicted molar refractivity (Wildman–Crippen MR) is 84.0 cm³/mol. The van der Waals surface area contributed by atoms with E-state index in [0.29, 0.717) is 6.79 Å². The van der Waals surface area contributed by atoms with Gasteiger partial charge in [-0.1, -0.05) is 49.5 Å². The zero-order valence-electron chi connectivity index (χ0n) is 11.6. The molecule has 4 rings (SSSR count). The van der Waals surface area contributed by atoms with Gasteiger partial charge in [-0.25, -0.2) is 0 Å². The van der Waals surface area contributed by atoms with Crippen molar-refractivity contribution >= 4 is 24.5 Å². The van der Waals surface area contributed by atoms with Crippen LogP contribution < -0.4 is 14.7 Å². The summed E-state index contributed by atoms with van der Waals surface area (Å²) >= 11 is 0. The Morgan fingerprint density at radius 1 is 0.950 bits per heavy atom. The molecule has 0 saturated heterocycles. The second-order valence-electron chi connectivity index (χ2n) is 5.84. The van der Waals surface area contributed by atoms with Gasteiger partial charge in [0.1, 0.15) is 8.07 Å². The molecule has 2 heterocycles. The van der Waals surface area contributed by atoms with Crippen molar-refractivity contribution in [3.8, 4) is 11.5 Å². The van der Waals surface area contributed by atoms with Crippen LogP contribution in [0.4, 0.5) is 0 Å². The molecule has 0 aromatic heterocycles. The number of rotatable bonds is 1. The van der Waals surface area contributed by atoms with E-state index >= 15 is 0 Å². The summed E-state index contributed by atoms with van der Waals surface area (Å²) in [4.78, 5) is 0. The summed E-state index contributed by atoms with van der Waals surface area (Å²) in [6.45, 7) is 5.15. The fourth-order valence-corrected chi connectivity index (χ4v) is 6.21. The fraction of sp³-hybridized carbons (Fsp3) is 0.176. The van der Waals surface area contributed by atoms with Gasteiger partial charge in [0.25, 0.3) is 0 Å². The normalized spacial score (nSPS) is 17.8. The molecule has 100 valence electrons. The SMILES string of the molecule is C[Si]1(C)C(c2ccccc2)=Cc2cc3c(cc21)OCO3. The number of benzene rings is 2. The van der Waals surface area contributed by atoms with Crippen molar-refractivity contribution in [2.24, 2.45) is 0 Å². The Bertz CT molecular complexity index is 717. The van der Waals surface area contributed by atoms with Gasteiger partial charge >= 0.3 is 0 Å². The highest BCUT2D eigenvalue weighted by Crippen LogP contribution is 2.40. The maximum Gasteiger partial charge on any atom is 0.231 e. The van der Waals surface area contributed by atoms with Crippen LogP contribution in [-0.2, 0) is 0 Å². The third kappa shape index (κ3) is 1.56. The summed E-state index contributed by atoms with van der Waals surface area (Å²) in [5.74, 6) is 1.77. The molecule has 0 saturated carbocycles. The molecule has 3 heteroatoms. The van der Waals surface area contributed by atoms with Gasteiger partial charge in [-0.15, -0.1) is 0 Å². The summed E-state index contributed by atoms with van der Waals surface area (Å²) in [6.07, 6.45) is 2.33. The lowest BCUT2D eigenvalue weighted by Crippen LogP contribution is -2.40. The van der Waals surface area contributed by atoms with Gasteiger partial charge in [0.05, 0.1) is 0 Å². The Morgan fingerprint density at radius 2 is 1.65 bits per heavy atom. The number of ether oxygens (including phenoxy) is 2. The molecule has 0 unspecified atom stereocenters. The molecule has 2 aliphatic rings. The van der Waals surface area contributed by atoms with Gasteiger partial charge in [-0.05, 0) is 33.6 Å². The zero-order chi connectivity index (χ0) is 13.7. The van der Waals surface area contributed by atoms with Gasteiger partial charge in [-0.2, -0.15) is 0 Å². The quantitative estimate of drug-likeness (QED) is 0.745. The molecule has 0 atom stereocenters. The van der Waals surface area contributed by atoms with Crippen LogP contribution in [0, 0.1) is 0 Å². The van der Waals surface area contributed by atoms with Crippen LogP contribution in [0.3, 0.4) is 0 Å². The summed E-state index contributed by atoms with van der Waals surface area (Å²) in [5.41, 5.74) is 2.63. The minimum absolute atomic E-state index is 0.343. The van der Waals surface area contributed by atoms with E-state index in [9.17, 15) is 0 Å². The molecule has 0 aliphatic carbocycles. The standard InChI is InChI=1S/C17H16O2Si/c1-20(2)16(12-6-4-3-5-7-12)9-13-8-14-15(10-17(13)20)19-11-18-14/h3-10H,11H2,1-2H3. The maximum absolute atomic E-state index is 5.53. The third-order valence-corrected chi connectivity index (χ3v) is 7.84. The number of hydrogen-bond donors (Lipinski definition) is 0. The minimum atomic E-state index is -1.65. The van der Waals surface area contributed by atoms with E-state index in [1.807, 2.05) is 0 Å². The molecule has 0 fully saturated rings. The van der Waals surface area contributed by atoms with Crippen LogP contribution >= 0.6 is 0 Å². The highest BCUT2D eigenvalue weighted by Gasteiger charge is 2.37. The molecule has 0 spiro atoms. The first-order chi connectivity index (χ1) is 9.66. The van der Waals surface area contributed by atoms with Gasteiger partial charge in [0.2, 0.25) is 6.79 Å². The Kier molecular flexibility index (Phi) is 2.36. The molecule has 2 aromatic rings. The first kappa shape index (κ1) is 11.8. The van der Waals surface area contributed by atoms with Crippen molar-refractivity contribution in [3.05, 3.63) is 53.6 Å². The molecule has 0 bridgehead atoms. The first-order valence-electron chi connectivity index (χ1n) is 6.88. The van der Waals surface area contributed by atoms with E-state index in [0.717, 1.165) is 11.5 Å². The van der Waals surface area contributed by atoms with E-state index < -0.39 is 8.07 Å². The summed E-state index contributed by atoms with van der Waals surface area (Å²) in [7, 11) is -1.65. The van der Waals surface area contributed by atoms with Crippen molar-refractivity contribution < 1.29 is 9.47 Å². The van der Waals surface area contributed by atoms with E-state index in [1.165, 1.54) is 21.5 Å². The maximum atomic E-state index is 5.53. The number of fused-ring (bicyclic) bond motifs is 2. The van der Waals surface area contributed by atoms with Crippen LogP contribution in [0.25, 0.3) is 11.3 Å². The van der Waals surface area contributed by atoms with Gasteiger partial charge in [0.15, 0.2) is 11.5 Å². The lowest BCUT2D eigenvalue weighted by atomic mass is 10.1.